The molecule has 0 radical (unpaired) electrons. The van der Waals surface area contributed by atoms with Crippen molar-refractivity contribution in [2.24, 2.45) is 0 Å². The zero-order valence-electron chi connectivity index (χ0n) is 31.5. The molecule has 52 heavy (non-hydrogen) atoms. The maximum atomic E-state index is 10.8. The van der Waals surface area contributed by atoms with Gasteiger partial charge in [-0.25, -0.2) is 0 Å². The van der Waals surface area contributed by atoms with Crippen molar-refractivity contribution in [3.05, 3.63) is 69.8 Å². The smallest absolute Gasteiger partial charge is 0.204 e. The fourth-order valence-electron chi connectivity index (χ4n) is 8.41. The van der Waals surface area contributed by atoms with Gasteiger partial charge in [0.15, 0.2) is 46.0 Å². The normalized spacial score (nSPS) is 17.7. The third kappa shape index (κ3) is 5.67. The molecule has 2 heterocycles. The molecule has 4 aromatic rings. The fourth-order valence-corrected chi connectivity index (χ4v) is 8.41. The summed E-state index contributed by atoms with van der Waals surface area (Å²) in [5.74, 6) is 5.22. The lowest BCUT2D eigenvalue weighted by Crippen LogP contribution is -2.36. The molecule has 2 aliphatic heterocycles. The van der Waals surface area contributed by atoms with E-state index in [4.69, 9.17) is 37.9 Å². The Bertz CT molecular complexity index is 2010. The number of rotatable bonds is 11. The second kappa shape index (κ2) is 14.2. The summed E-state index contributed by atoms with van der Waals surface area (Å²) in [6.07, 6.45) is 3.02. The standard InChI is InChI=1S/C41H48N2O9/c1-42-14-12-22-18-32(46-4)30(44)20-26(22)28(42)16-23-10-11-31(45-3)39(49-7)37(23)52-34-19-24-17-29-35-25(13-15-43(29)2)38(48-6)41(51-9)40(50-8)36(35)27(24)21-33(34)47-5/h10-11,18-21,28-29,44H,12-17H2,1-9H3. The number of nitrogens with zero attached hydrogens (tertiary/aromatic N) is 2. The topological polar surface area (TPSA) is 101 Å². The highest BCUT2D eigenvalue weighted by Gasteiger charge is 2.40. The van der Waals surface area contributed by atoms with Crippen molar-refractivity contribution in [3.63, 3.8) is 0 Å². The Morgan fingerprint density at radius 3 is 1.98 bits per heavy atom. The number of ether oxygens (including phenoxy) is 8. The number of methoxy groups -OCH3 is 7. The number of phenolic OH excluding ortho intramolecular Hbond substituents is 1. The first-order valence-electron chi connectivity index (χ1n) is 17.5. The maximum absolute atomic E-state index is 10.8. The van der Waals surface area contributed by atoms with Crippen LogP contribution in [0.4, 0.5) is 0 Å². The minimum absolute atomic E-state index is 0.0431. The molecule has 2 unspecified atom stereocenters. The van der Waals surface area contributed by atoms with E-state index in [9.17, 15) is 5.11 Å². The van der Waals surface area contributed by atoms with Gasteiger partial charge in [0.25, 0.3) is 0 Å². The van der Waals surface area contributed by atoms with Crippen molar-refractivity contribution in [2.75, 3.05) is 77.0 Å². The molecule has 2 atom stereocenters. The van der Waals surface area contributed by atoms with E-state index in [0.717, 1.165) is 77.0 Å². The van der Waals surface area contributed by atoms with Gasteiger partial charge in [0.1, 0.15) is 0 Å². The number of phenols is 1. The van der Waals surface area contributed by atoms with E-state index in [1.807, 2.05) is 30.3 Å². The first kappa shape index (κ1) is 35.4. The van der Waals surface area contributed by atoms with Crippen molar-refractivity contribution >= 4 is 0 Å². The third-order valence-electron chi connectivity index (χ3n) is 11.0. The quantitative estimate of drug-likeness (QED) is 0.178. The summed E-state index contributed by atoms with van der Waals surface area (Å²) >= 11 is 0. The summed E-state index contributed by atoms with van der Waals surface area (Å²) in [5, 5.41) is 10.8. The van der Waals surface area contributed by atoms with Gasteiger partial charge in [-0.05, 0) is 97.9 Å². The molecule has 0 saturated heterocycles. The Hall–Kier alpha value is -5.00. The van der Waals surface area contributed by atoms with Crippen LogP contribution < -0.4 is 37.9 Å². The first-order valence-corrected chi connectivity index (χ1v) is 17.5. The average Bonchev–Trinajstić information content (AvgIpc) is 3.16. The molecule has 0 bridgehead atoms. The number of likely N-dealkylation sites (N-methyl/N-ethyl adjacent to an activating group) is 2. The molecule has 1 N–H and O–H groups in total. The van der Waals surface area contributed by atoms with Gasteiger partial charge in [-0.3, -0.25) is 9.80 Å². The van der Waals surface area contributed by atoms with E-state index >= 15 is 0 Å². The highest BCUT2D eigenvalue weighted by Crippen LogP contribution is 2.58. The zero-order chi connectivity index (χ0) is 36.8. The van der Waals surface area contributed by atoms with Crippen LogP contribution in [0.15, 0.2) is 36.4 Å². The SMILES string of the molecule is COc1cc2c(cc1O)C(Cc1ccc(OC)c(OC)c1Oc1cc3c(cc1OC)-c1c(OC)c(OC)c(OC)c4c1C(C3)N(C)CC4)N(C)CC2. The highest BCUT2D eigenvalue weighted by atomic mass is 16.5. The first-order chi connectivity index (χ1) is 25.2. The molecular formula is C41H48N2O9. The molecule has 11 nitrogen and oxygen atoms in total. The highest BCUT2D eigenvalue weighted by molar-refractivity contribution is 5.87. The average molecular weight is 713 g/mol. The van der Waals surface area contributed by atoms with Crippen LogP contribution in [-0.4, -0.2) is 91.9 Å². The van der Waals surface area contributed by atoms with E-state index in [1.165, 1.54) is 5.56 Å². The molecule has 0 aromatic heterocycles. The Morgan fingerprint density at radius 1 is 0.635 bits per heavy atom. The number of benzene rings is 4. The molecule has 3 aliphatic rings. The number of hydrogen-bond donors (Lipinski definition) is 1. The Morgan fingerprint density at radius 2 is 1.31 bits per heavy atom. The zero-order valence-corrected chi connectivity index (χ0v) is 31.5. The van der Waals surface area contributed by atoms with Gasteiger partial charge in [-0.2, -0.15) is 0 Å². The van der Waals surface area contributed by atoms with Gasteiger partial charge in [0.2, 0.25) is 11.5 Å². The van der Waals surface area contributed by atoms with E-state index in [1.54, 1.807) is 49.8 Å². The minimum Gasteiger partial charge on any atom is -0.504 e. The summed E-state index contributed by atoms with van der Waals surface area (Å²) in [4.78, 5) is 4.69. The lowest BCUT2D eigenvalue weighted by atomic mass is 9.76. The van der Waals surface area contributed by atoms with Crippen LogP contribution in [-0.2, 0) is 25.7 Å². The van der Waals surface area contributed by atoms with Gasteiger partial charge in [0, 0.05) is 41.9 Å². The van der Waals surface area contributed by atoms with Crippen LogP contribution >= 0.6 is 0 Å². The van der Waals surface area contributed by atoms with Crippen molar-refractivity contribution in [1.29, 1.82) is 0 Å². The number of fused-ring (bicyclic) bond motifs is 3. The molecule has 0 saturated carbocycles. The van der Waals surface area contributed by atoms with Gasteiger partial charge >= 0.3 is 0 Å². The van der Waals surface area contributed by atoms with Crippen LogP contribution in [0.25, 0.3) is 11.1 Å². The molecule has 4 aromatic carbocycles. The van der Waals surface area contributed by atoms with Crippen molar-refractivity contribution in [2.45, 2.75) is 37.8 Å². The summed E-state index contributed by atoms with van der Waals surface area (Å²) in [7, 11) is 15.7. The number of aromatic hydroxyl groups is 1. The molecule has 0 fully saturated rings. The molecule has 0 amide bonds. The van der Waals surface area contributed by atoms with E-state index in [-0.39, 0.29) is 17.8 Å². The van der Waals surface area contributed by atoms with Crippen LogP contribution in [0.2, 0.25) is 0 Å². The summed E-state index contributed by atoms with van der Waals surface area (Å²) in [6, 6.07) is 11.9. The largest absolute Gasteiger partial charge is 0.504 e. The van der Waals surface area contributed by atoms with Crippen LogP contribution in [0.5, 0.6) is 57.5 Å². The molecule has 276 valence electrons. The van der Waals surface area contributed by atoms with Gasteiger partial charge in [-0.1, -0.05) is 6.07 Å². The second-order valence-corrected chi connectivity index (χ2v) is 13.5. The Labute approximate surface area is 305 Å². The Kier molecular flexibility index (Phi) is 9.67. The molecule has 11 heteroatoms. The van der Waals surface area contributed by atoms with Crippen LogP contribution in [0.3, 0.4) is 0 Å². The monoisotopic (exact) mass is 712 g/mol. The fraction of sp³-hybridized carbons (Fsp3) is 0.415. The van der Waals surface area contributed by atoms with Crippen molar-refractivity contribution in [1.82, 2.24) is 9.80 Å². The molecular weight excluding hydrogens is 664 g/mol. The van der Waals surface area contributed by atoms with Crippen LogP contribution in [0, 0.1) is 0 Å². The summed E-state index contributed by atoms with van der Waals surface area (Å²) in [5.41, 5.74) is 8.53. The minimum atomic E-state index is -0.0431. The number of hydrogen-bond acceptors (Lipinski definition) is 11. The van der Waals surface area contributed by atoms with Gasteiger partial charge in [0.05, 0.1) is 49.8 Å². The molecule has 7 rings (SSSR count). The van der Waals surface area contributed by atoms with Crippen LogP contribution in [0.1, 0.15) is 45.5 Å². The third-order valence-corrected chi connectivity index (χ3v) is 11.0. The Balaban J connectivity index is 1.36. The maximum Gasteiger partial charge on any atom is 0.204 e. The predicted molar refractivity (Wildman–Crippen MR) is 198 cm³/mol. The second-order valence-electron chi connectivity index (χ2n) is 13.5. The summed E-state index contributed by atoms with van der Waals surface area (Å²) in [6.45, 7) is 1.73. The van der Waals surface area contributed by atoms with Gasteiger partial charge in [-0.15, -0.1) is 0 Å². The molecule has 1 aliphatic carbocycles. The molecule has 0 spiro atoms. The van der Waals surface area contributed by atoms with E-state index in [2.05, 4.69) is 30.0 Å². The predicted octanol–water partition coefficient (Wildman–Crippen LogP) is 6.77. The summed E-state index contributed by atoms with van der Waals surface area (Å²) < 4.78 is 48.1. The van der Waals surface area contributed by atoms with E-state index in [0.29, 0.717) is 52.4 Å². The lowest BCUT2D eigenvalue weighted by Gasteiger charge is -2.41. The lowest BCUT2D eigenvalue weighted by molar-refractivity contribution is 0.222. The van der Waals surface area contributed by atoms with Gasteiger partial charge < -0.3 is 43.0 Å². The van der Waals surface area contributed by atoms with Crippen molar-refractivity contribution < 1.29 is 43.0 Å². The van der Waals surface area contributed by atoms with Crippen molar-refractivity contribution in [3.8, 4) is 68.6 Å². The van der Waals surface area contributed by atoms with E-state index < -0.39 is 0 Å².